The molecule has 10 heteroatoms. The molecule has 1 atom stereocenters. The van der Waals surface area contributed by atoms with Crippen LogP contribution in [0, 0.1) is 0 Å². The Morgan fingerprint density at radius 2 is 1.58 bits per heavy atom. The van der Waals surface area contributed by atoms with Crippen LogP contribution < -0.4 is 5.32 Å². The Bertz CT molecular complexity index is 1210. The Morgan fingerprint density at radius 3 is 2.17 bits per heavy atom. The van der Waals surface area contributed by atoms with Crippen LogP contribution >= 0.6 is 0 Å². The lowest BCUT2D eigenvalue weighted by Gasteiger charge is -2.40. The third-order valence-electron chi connectivity index (χ3n) is 6.47. The monoisotopic (exact) mass is 512 g/mol. The van der Waals surface area contributed by atoms with Crippen molar-refractivity contribution in [3.8, 4) is 0 Å². The number of urea groups is 1. The van der Waals surface area contributed by atoms with Crippen molar-refractivity contribution in [1.82, 2.24) is 19.4 Å². The maximum Gasteiger partial charge on any atom is 0.338 e. The van der Waals surface area contributed by atoms with Crippen molar-refractivity contribution >= 4 is 22.0 Å². The predicted molar refractivity (Wildman–Crippen MR) is 135 cm³/mol. The first-order valence-electron chi connectivity index (χ1n) is 12.2. The van der Waals surface area contributed by atoms with E-state index in [4.69, 9.17) is 4.74 Å². The van der Waals surface area contributed by atoms with Gasteiger partial charge in [0.05, 0.1) is 23.1 Å². The summed E-state index contributed by atoms with van der Waals surface area (Å²) in [6.45, 7) is 6.12. The molecule has 2 aromatic carbocycles. The van der Waals surface area contributed by atoms with Gasteiger partial charge in [-0.05, 0) is 31.5 Å². The van der Waals surface area contributed by atoms with Gasteiger partial charge in [-0.2, -0.15) is 4.31 Å². The molecule has 4 rings (SSSR count). The van der Waals surface area contributed by atoms with Gasteiger partial charge in [-0.1, -0.05) is 48.5 Å². The van der Waals surface area contributed by atoms with Crippen molar-refractivity contribution in [3.05, 3.63) is 77.5 Å². The quantitative estimate of drug-likeness (QED) is 0.546. The molecule has 2 aliphatic heterocycles. The molecule has 0 radical (unpaired) electrons. The average molecular weight is 513 g/mol. The number of carbonyl (C=O) groups is 2. The molecule has 0 saturated carbocycles. The van der Waals surface area contributed by atoms with E-state index in [9.17, 15) is 18.0 Å². The van der Waals surface area contributed by atoms with Gasteiger partial charge < -0.3 is 10.1 Å². The Kier molecular flexibility index (Phi) is 8.07. The molecule has 36 heavy (non-hydrogen) atoms. The molecule has 2 amide bonds. The molecule has 1 N–H and O–H groups in total. The normalized spacial score (nSPS) is 19.8. The molecule has 2 heterocycles. The van der Waals surface area contributed by atoms with Crippen LogP contribution in [0.3, 0.4) is 0 Å². The van der Waals surface area contributed by atoms with Crippen molar-refractivity contribution in [1.29, 1.82) is 0 Å². The third-order valence-corrected chi connectivity index (χ3v) is 8.38. The van der Waals surface area contributed by atoms with E-state index in [0.29, 0.717) is 50.5 Å². The predicted octanol–water partition coefficient (Wildman–Crippen LogP) is 2.60. The molecule has 9 nitrogen and oxygen atoms in total. The first-order valence-corrected chi connectivity index (χ1v) is 13.6. The fourth-order valence-electron chi connectivity index (χ4n) is 4.63. The number of rotatable bonds is 8. The summed E-state index contributed by atoms with van der Waals surface area (Å²) in [7, 11) is -3.57. The second-order valence-corrected chi connectivity index (χ2v) is 10.5. The van der Waals surface area contributed by atoms with E-state index in [-0.39, 0.29) is 17.5 Å². The van der Waals surface area contributed by atoms with E-state index >= 15 is 0 Å². The zero-order chi connectivity index (χ0) is 25.7. The molecular formula is C26H32N4O5S. The topological polar surface area (TPSA) is 99.3 Å². The molecule has 0 aromatic heterocycles. The molecule has 0 unspecified atom stereocenters. The van der Waals surface area contributed by atoms with Gasteiger partial charge in [0.1, 0.15) is 0 Å². The Morgan fingerprint density at radius 1 is 0.972 bits per heavy atom. The number of ether oxygens (including phenoxy) is 1. The minimum atomic E-state index is -3.57. The third kappa shape index (κ3) is 5.30. The van der Waals surface area contributed by atoms with Crippen molar-refractivity contribution in [2.24, 2.45) is 0 Å². The molecule has 0 bridgehead atoms. The highest BCUT2D eigenvalue weighted by Crippen LogP contribution is 2.32. The summed E-state index contributed by atoms with van der Waals surface area (Å²) in [5, 5.41) is 2.96. The second-order valence-electron chi connectivity index (χ2n) is 8.61. The number of likely N-dealkylation sites (N-methyl/N-ethyl adjacent to an activating group) is 1. The average Bonchev–Trinajstić information content (AvgIpc) is 2.90. The number of nitrogens with zero attached hydrogens (tertiary/aromatic N) is 3. The largest absolute Gasteiger partial charge is 0.463 e. The number of benzene rings is 2. The van der Waals surface area contributed by atoms with Crippen LogP contribution in [0.1, 0.15) is 25.5 Å². The van der Waals surface area contributed by atoms with Gasteiger partial charge in [-0.25, -0.2) is 18.0 Å². The Labute approximate surface area is 212 Å². The van der Waals surface area contributed by atoms with Gasteiger partial charge >= 0.3 is 12.0 Å². The fraction of sp³-hybridized carbons (Fsp3) is 0.385. The summed E-state index contributed by atoms with van der Waals surface area (Å²) in [5.41, 5.74) is 1.79. The molecule has 1 fully saturated rings. The number of amides is 2. The van der Waals surface area contributed by atoms with Gasteiger partial charge in [0.15, 0.2) is 0 Å². The smallest absolute Gasteiger partial charge is 0.338 e. The van der Waals surface area contributed by atoms with Gasteiger partial charge in [-0.15, -0.1) is 0 Å². The van der Waals surface area contributed by atoms with Crippen LogP contribution in [-0.4, -0.2) is 80.4 Å². The molecule has 2 aliphatic rings. The fourth-order valence-corrected chi connectivity index (χ4v) is 6.08. The van der Waals surface area contributed by atoms with E-state index in [1.807, 2.05) is 37.3 Å². The summed E-state index contributed by atoms with van der Waals surface area (Å²) in [4.78, 5) is 30.2. The number of esters is 1. The number of hydrogen-bond donors (Lipinski definition) is 1. The standard InChI is InChI=1S/C26H32N4O5S/c1-3-30-22(19-28-15-17-29(18-16-28)36(33,34)21-13-9-6-10-14-21)23(25(31)35-4-2)24(27-26(30)32)20-11-7-5-8-12-20/h5-14,24H,3-4,15-19H2,1-2H3,(H,27,32)/t24-/m1/s1. The van der Waals surface area contributed by atoms with Gasteiger partial charge in [-0.3, -0.25) is 9.80 Å². The zero-order valence-corrected chi connectivity index (χ0v) is 21.4. The van der Waals surface area contributed by atoms with Crippen LogP contribution in [0.15, 0.2) is 76.8 Å². The van der Waals surface area contributed by atoms with E-state index in [1.165, 1.54) is 4.31 Å². The van der Waals surface area contributed by atoms with Crippen molar-refractivity contribution in [2.45, 2.75) is 24.8 Å². The highest BCUT2D eigenvalue weighted by molar-refractivity contribution is 7.89. The summed E-state index contributed by atoms with van der Waals surface area (Å²) < 4.78 is 32.9. The number of piperazine rings is 1. The molecule has 0 spiro atoms. The molecule has 2 aromatic rings. The summed E-state index contributed by atoms with van der Waals surface area (Å²) in [6.07, 6.45) is 0. The first-order chi connectivity index (χ1) is 17.4. The maximum absolute atomic E-state index is 13.2. The minimum absolute atomic E-state index is 0.215. The van der Waals surface area contributed by atoms with Gasteiger partial charge in [0.25, 0.3) is 0 Å². The Balaban J connectivity index is 1.61. The second kappa shape index (κ2) is 11.2. The Hall–Kier alpha value is -3.21. The molecule has 192 valence electrons. The van der Waals surface area contributed by atoms with E-state index < -0.39 is 22.0 Å². The van der Waals surface area contributed by atoms with E-state index in [2.05, 4.69) is 10.2 Å². The number of nitrogens with one attached hydrogen (secondary N) is 1. The lowest BCUT2D eigenvalue weighted by Crippen LogP contribution is -2.53. The lowest BCUT2D eigenvalue weighted by atomic mass is 9.94. The van der Waals surface area contributed by atoms with Crippen LogP contribution in [0.5, 0.6) is 0 Å². The van der Waals surface area contributed by atoms with Crippen LogP contribution in [0.25, 0.3) is 0 Å². The van der Waals surface area contributed by atoms with Crippen molar-refractivity contribution < 1.29 is 22.7 Å². The maximum atomic E-state index is 13.2. The van der Waals surface area contributed by atoms with E-state index in [0.717, 1.165) is 5.56 Å². The van der Waals surface area contributed by atoms with Crippen molar-refractivity contribution in [3.63, 3.8) is 0 Å². The first kappa shape index (κ1) is 25.9. The van der Waals surface area contributed by atoms with E-state index in [1.54, 1.807) is 42.2 Å². The minimum Gasteiger partial charge on any atom is -0.463 e. The van der Waals surface area contributed by atoms with Crippen LogP contribution in [0.4, 0.5) is 4.79 Å². The van der Waals surface area contributed by atoms with Gasteiger partial charge in [0.2, 0.25) is 10.0 Å². The zero-order valence-electron chi connectivity index (χ0n) is 20.6. The molecular weight excluding hydrogens is 480 g/mol. The number of sulfonamides is 1. The van der Waals surface area contributed by atoms with Crippen LogP contribution in [0.2, 0.25) is 0 Å². The molecule has 1 saturated heterocycles. The number of carbonyl (C=O) groups excluding carboxylic acids is 2. The lowest BCUT2D eigenvalue weighted by molar-refractivity contribution is -0.139. The van der Waals surface area contributed by atoms with Crippen molar-refractivity contribution in [2.75, 3.05) is 45.9 Å². The number of hydrogen-bond acceptors (Lipinski definition) is 6. The summed E-state index contributed by atoms with van der Waals surface area (Å²) >= 11 is 0. The van der Waals surface area contributed by atoms with Gasteiger partial charge in [0, 0.05) is 45.0 Å². The highest BCUT2D eigenvalue weighted by Gasteiger charge is 2.39. The summed E-state index contributed by atoms with van der Waals surface area (Å²) in [5.74, 6) is -0.468. The SMILES string of the molecule is CCOC(=O)C1=C(CN2CCN(S(=O)(=O)c3ccccc3)CC2)N(CC)C(=O)N[C@@H]1c1ccccc1. The summed E-state index contributed by atoms with van der Waals surface area (Å²) in [6, 6.07) is 16.8. The highest BCUT2D eigenvalue weighted by atomic mass is 32.2. The van der Waals surface area contributed by atoms with Crippen LogP contribution in [-0.2, 0) is 19.6 Å². The molecule has 0 aliphatic carbocycles.